The van der Waals surface area contributed by atoms with Crippen molar-refractivity contribution in [3.63, 3.8) is 0 Å². The standard InChI is InChI=1S/C9H10Cl2N4O3/c1-17-14-6(3-12)8(16)13-7-2-9(4-10,5-11)18-15-7/h2,4-5H2,1H3,(H,13,15,16)/b14-6+. The van der Waals surface area contributed by atoms with Crippen LogP contribution in [0.3, 0.4) is 0 Å². The van der Waals surface area contributed by atoms with E-state index in [1.807, 2.05) is 0 Å². The second-order valence-corrected chi connectivity index (χ2v) is 3.98. The van der Waals surface area contributed by atoms with E-state index in [-0.39, 0.29) is 24.0 Å². The van der Waals surface area contributed by atoms with Crippen molar-refractivity contribution < 1.29 is 14.5 Å². The molecule has 0 saturated heterocycles. The Hall–Kier alpha value is -1.52. The van der Waals surface area contributed by atoms with Crippen molar-refractivity contribution in [2.24, 2.45) is 10.3 Å². The van der Waals surface area contributed by atoms with Gasteiger partial charge in [0.15, 0.2) is 11.4 Å². The average molecular weight is 293 g/mol. The number of oxime groups is 2. The Morgan fingerprint density at radius 1 is 1.72 bits per heavy atom. The molecule has 1 heterocycles. The van der Waals surface area contributed by atoms with Crippen molar-refractivity contribution >= 4 is 40.7 Å². The summed E-state index contributed by atoms with van der Waals surface area (Å²) in [5.41, 5.74) is -1.24. The molecule has 0 bridgehead atoms. The second-order valence-electron chi connectivity index (χ2n) is 3.44. The Morgan fingerprint density at radius 2 is 2.39 bits per heavy atom. The lowest BCUT2D eigenvalue weighted by atomic mass is 10.1. The smallest absolute Gasteiger partial charge is 0.289 e. The number of nitriles is 1. The van der Waals surface area contributed by atoms with Crippen molar-refractivity contribution in [2.45, 2.75) is 12.0 Å². The van der Waals surface area contributed by atoms with Gasteiger partial charge in [0.1, 0.15) is 13.2 Å². The number of hydrogen-bond acceptors (Lipinski definition) is 6. The van der Waals surface area contributed by atoms with Crippen LogP contribution in [-0.2, 0) is 14.5 Å². The first kappa shape index (κ1) is 14.5. The molecule has 9 heteroatoms. The lowest BCUT2D eigenvalue weighted by Gasteiger charge is -2.19. The first-order valence-corrected chi connectivity index (χ1v) is 5.87. The minimum atomic E-state index is -0.822. The molecular weight excluding hydrogens is 283 g/mol. The predicted molar refractivity (Wildman–Crippen MR) is 65.5 cm³/mol. The first-order valence-electron chi connectivity index (χ1n) is 4.80. The van der Waals surface area contributed by atoms with Crippen molar-refractivity contribution in [1.29, 1.82) is 5.26 Å². The van der Waals surface area contributed by atoms with Crippen LogP contribution in [0.15, 0.2) is 10.3 Å². The third kappa shape index (κ3) is 3.24. The van der Waals surface area contributed by atoms with Crippen molar-refractivity contribution in [3.05, 3.63) is 0 Å². The van der Waals surface area contributed by atoms with Gasteiger partial charge in [-0.2, -0.15) is 5.26 Å². The summed E-state index contributed by atoms with van der Waals surface area (Å²) in [6, 6.07) is 1.59. The molecule has 0 aromatic rings. The molecule has 0 saturated carbocycles. The lowest BCUT2D eigenvalue weighted by Crippen LogP contribution is -2.39. The van der Waals surface area contributed by atoms with Crippen LogP contribution in [0.1, 0.15) is 6.42 Å². The molecule has 0 spiro atoms. The SMILES string of the molecule is CO/N=C(\C#N)C(=O)NC1=NOC(CCl)(CCl)C1. The fourth-order valence-electron chi connectivity index (χ4n) is 1.16. The number of carbonyl (C=O) groups is 1. The van der Waals surface area contributed by atoms with Gasteiger partial charge in [-0.15, -0.1) is 23.2 Å². The molecule has 0 unspecified atom stereocenters. The predicted octanol–water partition coefficient (Wildman–Crippen LogP) is 0.579. The number of amides is 1. The van der Waals surface area contributed by atoms with Gasteiger partial charge >= 0.3 is 0 Å². The zero-order chi connectivity index (χ0) is 13.6. The van der Waals surface area contributed by atoms with Gasteiger partial charge in [-0.3, -0.25) is 4.79 Å². The van der Waals surface area contributed by atoms with Gasteiger partial charge in [-0.1, -0.05) is 10.3 Å². The number of halogens is 2. The molecule has 1 aliphatic rings. The van der Waals surface area contributed by atoms with Crippen molar-refractivity contribution in [1.82, 2.24) is 5.32 Å². The van der Waals surface area contributed by atoms with Gasteiger partial charge in [0, 0.05) is 0 Å². The van der Waals surface area contributed by atoms with Crippen LogP contribution in [0.2, 0.25) is 0 Å². The third-order valence-electron chi connectivity index (χ3n) is 2.09. The molecule has 7 nitrogen and oxygen atoms in total. The second kappa shape index (κ2) is 6.42. The number of alkyl halides is 2. The van der Waals surface area contributed by atoms with Gasteiger partial charge < -0.3 is 15.0 Å². The Morgan fingerprint density at radius 3 is 2.83 bits per heavy atom. The molecule has 0 aromatic carbocycles. The Bertz CT molecular complexity index is 426. The van der Waals surface area contributed by atoms with Crippen LogP contribution >= 0.6 is 23.2 Å². The minimum Gasteiger partial charge on any atom is -0.398 e. The summed E-state index contributed by atoms with van der Waals surface area (Å²) in [4.78, 5) is 21.0. The zero-order valence-electron chi connectivity index (χ0n) is 9.44. The van der Waals surface area contributed by atoms with Gasteiger partial charge in [-0.05, 0) is 0 Å². The quantitative estimate of drug-likeness (QED) is 0.466. The highest BCUT2D eigenvalue weighted by Crippen LogP contribution is 2.26. The topological polar surface area (TPSA) is 96.1 Å². The molecule has 0 aliphatic carbocycles. The maximum absolute atomic E-state index is 11.6. The molecule has 1 amide bonds. The summed E-state index contributed by atoms with van der Waals surface area (Å²) < 4.78 is 0. The number of nitrogens with zero attached hydrogens (tertiary/aromatic N) is 3. The largest absolute Gasteiger partial charge is 0.398 e. The minimum absolute atomic E-state index is 0.136. The molecule has 98 valence electrons. The van der Waals surface area contributed by atoms with E-state index in [1.54, 1.807) is 6.07 Å². The normalized spacial score (nSPS) is 17.4. The summed E-state index contributed by atoms with van der Waals surface area (Å²) >= 11 is 11.4. The Balaban J connectivity index is 2.64. The molecule has 18 heavy (non-hydrogen) atoms. The monoisotopic (exact) mass is 292 g/mol. The molecule has 0 aromatic heterocycles. The summed E-state index contributed by atoms with van der Waals surface area (Å²) in [5, 5.41) is 18.0. The van der Waals surface area contributed by atoms with E-state index in [0.29, 0.717) is 0 Å². The fraction of sp³-hybridized carbons (Fsp3) is 0.556. The number of nitrogens with one attached hydrogen (secondary N) is 1. The van der Waals surface area contributed by atoms with E-state index in [4.69, 9.17) is 33.3 Å². The number of amidine groups is 1. The highest BCUT2D eigenvalue weighted by Gasteiger charge is 2.38. The maximum Gasteiger partial charge on any atom is 0.289 e. The molecule has 0 atom stereocenters. The first-order chi connectivity index (χ1) is 8.60. The van der Waals surface area contributed by atoms with Crippen LogP contribution in [0, 0.1) is 11.3 Å². The van der Waals surface area contributed by atoms with E-state index in [9.17, 15) is 4.79 Å². The maximum atomic E-state index is 11.6. The molecule has 1 rings (SSSR count). The third-order valence-corrected chi connectivity index (χ3v) is 3.06. The van der Waals surface area contributed by atoms with Gasteiger partial charge in [0.05, 0.1) is 18.2 Å². The van der Waals surface area contributed by atoms with Crippen LogP contribution in [0.25, 0.3) is 0 Å². The van der Waals surface area contributed by atoms with E-state index in [2.05, 4.69) is 20.5 Å². The number of carbonyl (C=O) groups excluding carboxylic acids is 1. The highest BCUT2D eigenvalue weighted by atomic mass is 35.5. The lowest BCUT2D eigenvalue weighted by molar-refractivity contribution is -0.113. The van der Waals surface area contributed by atoms with E-state index < -0.39 is 17.2 Å². The van der Waals surface area contributed by atoms with E-state index in [1.165, 1.54) is 7.11 Å². The molecule has 1 N–H and O–H groups in total. The van der Waals surface area contributed by atoms with Crippen LogP contribution < -0.4 is 5.32 Å². The fourth-order valence-corrected chi connectivity index (χ4v) is 1.73. The molecule has 0 fully saturated rings. The summed E-state index contributed by atoms with van der Waals surface area (Å²) in [7, 11) is 1.23. The molecular formula is C9H10Cl2N4O3. The molecule has 0 radical (unpaired) electrons. The average Bonchev–Trinajstić information content (AvgIpc) is 2.79. The van der Waals surface area contributed by atoms with E-state index in [0.717, 1.165) is 0 Å². The number of hydrogen-bond donors (Lipinski definition) is 1. The molecule has 1 aliphatic heterocycles. The van der Waals surface area contributed by atoms with Gasteiger partial charge in [0.2, 0.25) is 5.71 Å². The Kier molecular flexibility index (Phi) is 5.19. The number of rotatable bonds is 4. The highest BCUT2D eigenvalue weighted by molar-refractivity contribution is 6.47. The summed E-state index contributed by atoms with van der Waals surface area (Å²) in [6.45, 7) is 0. The van der Waals surface area contributed by atoms with Gasteiger partial charge in [-0.25, -0.2) is 0 Å². The van der Waals surface area contributed by atoms with Gasteiger partial charge in [0.25, 0.3) is 5.91 Å². The van der Waals surface area contributed by atoms with Crippen LogP contribution in [-0.4, -0.2) is 41.9 Å². The Labute approximate surface area is 113 Å². The summed E-state index contributed by atoms with van der Waals surface area (Å²) in [6.07, 6.45) is 0.247. The van der Waals surface area contributed by atoms with Crippen LogP contribution in [0.5, 0.6) is 0 Å². The van der Waals surface area contributed by atoms with Crippen molar-refractivity contribution in [2.75, 3.05) is 18.9 Å². The van der Waals surface area contributed by atoms with Crippen LogP contribution in [0.4, 0.5) is 0 Å². The zero-order valence-corrected chi connectivity index (χ0v) is 11.0. The van der Waals surface area contributed by atoms with E-state index >= 15 is 0 Å². The van der Waals surface area contributed by atoms with Crippen molar-refractivity contribution in [3.8, 4) is 6.07 Å². The summed E-state index contributed by atoms with van der Waals surface area (Å²) in [5.74, 6) is -0.227.